The van der Waals surface area contributed by atoms with Crippen LogP contribution >= 0.6 is 69.6 Å². The van der Waals surface area contributed by atoms with Gasteiger partial charge in [-0.15, -0.1) is 0 Å². The second-order valence-electron chi connectivity index (χ2n) is 8.69. The van der Waals surface area contributed by atoms with Gasteiger partial charge in [-0.05, 0) is 38.8 Å². The number of aliphatic hydroxyl groups is 1. The van der Waals surface area contributed by atoms with Gasteiger partial charge in [0.25, 0.3) is 5.91 Å². The number of amides is 1. The molecule has 10 nitrogen and oxygen atoms in total. The van der Waals surface area contributed by atoms with Gasteiger partial charge in [0.1, 0.15) is 0 Å². The average Bonchev–Trinajstić information content (AvgIpc) is 2.90. The van der Waals surface area contributed by atoms with Gasteiger partial charge in [-0.3, -0.25) is 4.79 Å². The van der Waals surface area contributed by atoms with Gasteiger partial charge in [0.2, 0.25) is 7.59 Å². The number of nitrogens with one attached hydrogen (secondary N) is 1. The third kappa shape index (κ3) is 12.9. The van der Waals surface area contributed by atoms with E-state index in [9.17, 15) is 14.7 Å². The fourth-order valence-corrected chi connectivity index (χ4v) is 6.01. The first-order valence-electron chi connectivity index (χ1n) is 12.7. The number of rotatable bonds is 16. The Morgan fingerprint density at radius 1 is 0.951 bits per heavy atom. The van der Waals surface area contributed by atoms with Gasteiger partial charge < -0.3 is 28.8 Å². The van der Waals surface area contributed by atoms with Gasteiger partial charge in [-0.1, -0.05) is 88.2 Å². The van der Waals surface area contributed by atoms with Gasteiger partial charge >= 0.3 is 8.80 Å². The van der Waals surface area contributed by atoms with E-state index < -0.39 is 22.5 Å². The number of nitrogens with zero attached hydrogens (tertiary/aromatic N) is 3. The lowest BCUT2D eigenvalue weighted by Crippen LogP contribution is -2.42. The maximum absolute atomic E-state index is 12.5. The molecule has 1 aromatic carbocycles. The molecule has 41 heavy (non-hydrogen) atoms. The minimum Gasteiger partial charge on any atom is -0.391 e. The van der Waals surface area contributed by atoms with E-state index in [0.717, 1.165) is 0 Å². The molecule has 0 aliphatic rings. The summed E-state index contributed by atoms with van der Waals surface area (Å²) in [6.07, 6.45) is 1.21. The molecule has 0 fully saturated rings. The van der Waals surface area contributed by atoms with Crippen LogP contribution in [0.1, 0.15) is 55.1 Å². The van der Waals surface area contributed by atoms with Crippen LogP contribution in [0.3, 0.4) is 0 Å². The molecule has 2 rings (SSSR count). The second-order valence-corrected chi connectivity index (χ2v) is 15.8. The molecule has 0 bridgehead atoms. The van der Waals surface area contributed by atoms with E-state index in [2.05, 4.69) is 20.3 Å². The van der Waals surface area contributed by atoms with Crippen molar-refractivity contribution in [2.45, 2.75) is 52.8 Å². The van der Waals surface area contributed by atoms with Crippen molar-refractivity contribution in [2.75, 3.05) is 33.0 Å². The zero-order chi connectivity index (χ0) is 30.7. The van der Waals surface area contributed by atoms with E-state index in [1.54, 1.807) is 24.3 Å². The molecule has 0 radical (unpaired) electrons. The first-order valence-corrected chi connectivity index (χ1v) is 17.0. The number of ether oxygens (including phenoxy) is 1. The molecule has 1 heterocycles. The Balaban J connectivity index is 1.79. The normalized spacial score (nSPS) is 13.3. The number of aromatic nitrogens is 3. The summed E-state index contributed by atoms with van der Waals surface area (Å²) >= 11 is 35.5. The number of alkyl halides is 6. The van der Waals surface area contributed by atoms with Gasteiger partial charge in [0.15, 0.2) is 17.5 Å². The highest BCUT2D eigenvalue weighted by Crippen LogP contribution is 2.40. The van der Waals surface area contributed by atoms with Crippen LogP contribution in [0, 0.1) is 0 Å². The fraction of sp³-hybridized carbons (Fsp3) is 0.583. The second kappa shape index (κ2) is 17.1. The number of benzene rings is 1. The van der Waals surface area contributed by atoms with Crippen molar-refractivity contribution < 1.29 is 28.3 Å². The first kappa shape index (κ1) is 36.6. The lowest BCUT2D eigenvalue weighted by atomic mass is 10.1. The summed E-state index contributed by atoms with van der Waals surface area (Å²) in [7, 11) is -3.13. The summed E-state index contributed by atoms with van der Waals surface area (Å²) in [6, 6.07) is 6.74. The molecule has 3 N–H and O–H groups in total. The smallest absolute Gasteiger partial charge is 0.391 e. The zero-order valence-electron chi connectivity index (χ0n) is 22.4. The summed E-state index contributed by atoms with van der Waals surface area (Å²) < 4.78 is 12.3. The maximum Gasteiger partial charge on any atom is 0.498 e. The van der Waals surface area contributed by atoms with Gasteiger partial charge in [0, 0.05) is 36.9 Å². The molecule has 0 spiro atoms. The van der Waals surface area contributed by atoms with Gasteiger partial charge in [0.05, 0.1) is 19.3 Å². The van der Waals surface area contributed by atoms with Crippen LogP contribution in [0.15, 0.2) is 24.3 Å². The van der Waals surface area contributed by atoms with Crippen molar-refractivity contribution >= 4 is 84.3 Å². The molecule has 1 atom stereocenters. The largest absolute Gasteiger partial charge is 0.498 e. The highest BCUT2D eigenvalue weighted by molar-refractivity contribution is 6.67. The van der Waals surface area contributed by atoms with E-state index in [1.165, 1.54) is 0 Å². The topological polar surface area (TPSA) is 136 Å². The molecule has 2 aromatic rings. The van der Waals surface area contributed by atoms with Crippen molar-refractivity contribution in [1.29, 1.82) is 0 Å². The molecule has 230 valence electrons. The van der Waals surface area contributed by atoms with E-state index in [4.69, 9.17) is 83.2 Å². The molecular weight excluding hydrogens is 681 g/mol. The van der Waals surface area contributed by atoms with Crippen LogP contribution in [0.2, 0.25) is 6.04 Å². The molecule has 1 amide bonds. The molecule has 1 unspecified atom stereocenters. The maximum atomic E-state index is 12.5. The predicted molar refractivity (Wildman–Crippen MR) is 163 cm³/mol. The summed E-state index contributed by atoms with van der Waals surface area (Å²) in [5.41, 5.74) is 0.837. The average molecular weight is 713 g/mol. The minimum absolute atomic E-state index is 0.0860. The summed E-state index contributed by atoms with van der Waals surface area (Å²) in [4.78, 5) is 35.1. The van der Waals surface area contributed by atoms with Crippen molar-refractivity contribution in [1.82, 2.24) is 20.3 Å². The van der Waals surface area contributed by atoms with Crippen LogP contribution in [-0.4, -0.2) is 78.6 Å². The Bertz CT molecular complexity index is 1070. The molecule has 17 heteroatoms. The van der Waals surface area contributed by atoms with Gasteiger partial charge in [-0.2, -0.15) is 0 Å². The van der Waals surface area contributed by atoms with Crippen LogP contribution in [-0.2, 0) is 21.2 Å². The summed E-state index contributed by atoms with van der Waals surface area (Å²) in [6.45, 7) is 4.98. The van der Waals surface area contributed by atoms with Crippen LogP contribution in [0.25, 0.3) is 11.4 Å². The number of hydrogen-bond donors (Lipinski definition) is 3. The molecular formula is C24H32Cl6N4O6Si. The monoisotopic (exact) mass is 710 g/mol. The lowest BCUT2D eigenvalue weighted by molar-refractivity contribution is 0.0322. The minimum atomic E-state index is -3.13. The summed E-state index contributed by atoms with van der Waals surface area (Å²) in [5, 5.41) is 12.9. The highest BCUT2D eigenvalue weighted by atomic mass is 35.6. The molecule has 0 saturated carbocycles. The Labute approximate surface area is 270 Å². The van der Waals surface area contributed by atoms with E-state index in [-0.39, 0.29) is 43.1 Å². The third-order valence-electron chi connectivity index (χ3n) is 5.41. The molecule has 0 aliphatic heterocycles. The van der Waals surface area contributed by atoms with Crippen molar-refractivity contribution in [3.63, 3.8) is 0 Å². The number of carbonyl (C=O) groups is 1. The quantitative estimate of drug-likeness (QED) is 0.118. The number of unbranched alkanes of at least 4 members (excludes halogenated alkanes) is 1. The van der Waals surface area contributed by atoms with Crippen molar-refractivity contribution in [3.05, 3.63) is 41.5 Å². The standard InChI is InChI=1S/C24H32Cl6N4O6Si/c1-3-39-41(37,40-4-2)14-6-5-7-18(35)15-38-13-12-31-20(36)17-10-8-16(9-11-17)19-32-21(23(25,26)27)34-22(33-19)24(28,29)30/h8-11,18,35,37H,3-7,12-15H2,1-2H3,(H,31,36). The van der Waals surface area contributed by atoms with Crippen LogP contribution in [0.5, 0.6) is 0 Å². The zero-order valence-corrected chi connectivity index (χ0v) is 27.9. The number of aliphatic hydroxyl groups excluding tert-OH is 1. The van der Waals surface area contributed by atoms with Crippen LogP contribution < -0.4 is 5.32 Å². The Kier molecular flexibility index (Phi) is 15.3. The van der Waals surface area contributed by atoms with Crippen molar-refractivity contribution in [2.24, 2.45) is 0 Å². The SMILES string of the molecule is CCO[Si](O)(CCCCC(O)COCCNC(=O)c1ccc(-c2nc(C(Cl)(Cl)Cl)nc(C(Cl)(Cl)Cl)n2)cc1)OCC. The van der Waals surface area contributed by atoms with E-state index >= 15 is 0 Å². The summed E-state index contributed by atoms with van der Waals surface area (Å²) in [5.74, 6) is -0.695. The van der Waals surface area contributed by atoms with Crippen LogP contribution in [0.4, 0.5) is 0 Å². The molecule has 1 aromatic heterocycles. The molecule has 0 aliphatic carbocycles. The Morgan fingerprint density at radius 3 is 2.02 bits per heavy atom. The van der Waals surface area contributed by atoms with Crippen molar-refractivity contribution in [3.8, 4) is 11.4 Å². The van der Waals surface area contributed by atoms with E-state index in [0.29, 0.717) is 49.6 Å². The first-order chi connectivity index (χ1) is 19.2. The van der Waals surface area contributed by atoms with Gasteiger partial charge in [-0.25, -0.2) is 15.0 Å². The van der Waals surface area contributed by atoms with E-state index in [1.807, 2.05) is 13.8 Å². The lowest BCUT2D eigenvalue weighted by Gasteiger charge is -2.23. The number of hydrogen-bond acceptors (Lipinski definition) is 9. The highest BCUT2D eigenvalue weighted by Gasteiger charge is 2.35. The predicted octanol–water partition coefficient (Wildman–Crippen LogP) is 5.47. The number of carbonyl (C=O) groups excluding carboxylic acids is 1. The fourth-order valence-electron chi connectivity index (χ4n) is 3.54. The third-order valence-corrected chi connectivity index (χ3v) is 8.89. The number of halogens is 6. The molecule has 0 saturated heterocycles. The Morgan fingerprint density at radius 2 is 1.51 bits per heavy atom. The Hall–Kier alpha value is -0.543.